The van der Waals surface area contributed by atoms with E-state index in [1.807, 2.05) is 6.07 Å². The van der Waals surface area contributed by atoms with E-state index in [-0.39, 0.29) is 18.1 Å². The third-order valence-corrected chi connectivity index (χ3v) is 4.47. The fourth-order valence-corrected chi connectivity index (χ4v) is 3.07. The van der Waals surface area contributed by atoms with Crippen LogP contribution in [-0.4, -0.2) is 31.6 Å². The second kappa shape index (κ2) is 7.31. The van der Waals surface area contributed by atoms with E-state index in [0.29, 0.717) is 28.0 Å². The first-order chi connectivity index (χ1) is 13.0. The minimum absolute atomic E-state index is 0.0805. The fraction of sp³-hybridized carbons (Fsp3) is 0.333. The predicted octanol–water partition coefficient (Wildman–Crippen LogP) is 3.31. The van der Waals surface area contributed by atoms with Gasteiger partial charge in [-0.15, -0.1) is 0 Å². The van der Waals surface area contributed by atoms with Crippen LogP contribution in [0.25, 0.3) is 16.8 Å². The van der Waals surface area contributed by atoms with Gasteiger partial charge in [0.2, 0.25) is 5.88 Å². The van der Waals surface area contributed by atoms with Crippen molar-refractivity contribution < 1.29 is 13.5 Å². The van der Waals surface area contributed by atoms with Crippen LogP contribution in [0.3, 0.4) is 0 Å². The van der Waals surface area contributed by atoms with Gasteiger partial charge in [-0.3, -0.25) is 9.38 Å². The van der Waals surface area contributed by atoms with Gasteiger partial charge < -0.3 is 4.74 Å². The number of hydrogen-bond acceptors (Lipinski definition) is 5. The summed E-state index contributed by atoms with van der Waals surface area (Å²) in [4.78, 5) is 12.7. The van der Waals surface area contributed by atoms with Crippen molar-refractivity contribution in [2.75, 3.05) is 6.61 Å². The summed E-state index contributed by atoms with van der Waals surface area (Å²) in [5.41, 5.74) is 0.205. The number of rotatable bonds is 5. The molecule has 6 nitrogen and oxygen atoms in total. The highest BCUT2D eigenvalue weighted by atomic mass is 31.0. The second-order valence-electron chi connectivity index (χ2n) is 7.12. The zero-order valence-electron chi connectivity index (χ0n) is 15.6. The maximum Gasteiger partial charge on any atom is 0.220 e. The summed E-state index contributed by atoms with van der Waals surface area (Å²) in [5, 5.41) is 8.05. The van der Waals surface area contributed by atoms with Crippen LogP contribution < -0.4 is 10.0 Å². The Kier molecular flexibility index (Phi) is 5.36. The Morgan fingerprint density at radius 3 is 2.54 bits per heavy atom. The second-order valence-corrected chi connectivity index (χ2v) is 8.83. The molecule has 0 amide bonds. The highest BCUT2D eigenvalue weighted by Gasteiger charge is 2.27. The van der Waals surface area contributed by atoms with Crippen LogP contribution in [0.15, 0.2) is 24.7 Å². The maximum atomic E-state index is 14.5. The Balaban J connectivity index is 2.02. The quantitative estimate of drug-likeness (QED) is 0.591. The van der Waals surface area contributed by atoms with Crippen molar-refractivity contribution in [3.8, 4) is 23.2 Å². The number of nitriles is 1. The van der Waals surface area contributed by atoms with Gasteiger partial charge in [0.05, 0.1) is 11.9 Å². The molecule has 3 atom stereocenters. The Morgan fingerprint density at radius 1 is 1.25 bits per heavy atom. The monoisotopic (exact) mass is 421 g/mol. The van der Waals surface area contributed by atoms with Gasteiger partial charge in [0.25, 0.3) is 0 Å². The van der Waals surface area contributed by atoms with Crippen LogP contribution in [0.4, 0.5) is 8.78 Å². The van der Waals surface area contributed by atoms with Crippen molar-refractivity contribution in [1.82, 2.24) is 19.4 Å². The zero-order valence-corrected chi connectivity index (χ0v) is 17.9. The number of aromatic nitrogens is 4. The van der Waals surface area contributed by atoms with Gasteiger partial charge in [-0.05, 0) is 26.8 Å². The third kappa shape index (κ3) is 4.27. The van der Waals surface area contributed by atoms with Gasteiger partial charge in [0, 0.05) is 23.3 Å². The number of hydrogen-bond donors (Lipinski definition) is 0. The number of pyridine rings is 1. The average molecular weight is 421 g/mol. The number of halogens is 2. The molecule has 3 aromatic heterocycles. The molecule has 10 heteroatoms. The van der Waals surface area contributed by atoms with Crippen LogP contribution >= 0.6 is 18.5 Å². The maximum absolute atomic E-state index is 14.5. The van der Waals surface area contributed by atoms with E-state index < -0.39 is 11.1 Å². The lowest BCUT2D eigenvalue weighted by atomic mass is 10.2. The molecule has 3 aromatic rings. The van der Waals surface area contributed by atoms with E-state index in [9.17, 15) is 14.0 Å². The minimum atomic E-state index is -1.82. The first-order valence-corrected chi connectivity index (χ1v) is 9.49. The Labute approximate surface area is 165 Å². The lowest BCUT2D eigenvalue weighted by Crippen LogP contribution is -2.24. The molecule has 0 aromatic carbocycles. The van der Waals surface area contributed by atoms with Crippen LogP contribution in [0.1, 0.15) is 32.3 Å². The molecule has 3 unspecified atom stereocenters. The number of ether oxygens (including phenoxy) is 1. The summed E-state index contributed by atoms with van der Waals surface area (Å²) in [6.07, 6.45) is 4.62. The van der Waals surface area contributed by atoms with Crippen LogP contribution in [0.2, 0.25) is 0 Å². The van der Waals surface area contributed by atoms with Crippen molar-refractivity contribution in [2.45, 2.75) is 31.8 Å². The molecule has 0 aliphatic carbocycles. The summed E-state index contributed by atoms with van der Waals surface area (Å²) in [6, 6.07) is 3.72. The molecule has 0 spiro atoms. The largest absolute Gasteiger partial charge is 0.474 e. The highest BCUT2D eigenvalue weighted by Crippen LogP contribution is 2.33. The summed E-state index contributed by atoms with van der Waals surface area (Å²) >= 11 is 0. The van der Waals surface area contributed by atoms with Gasteiger partial charge in [-0.2, -0.15) is 5.26 Å². The third-order valence-electron chi connectivity index (χ3n) is 3.80. The van der Waals surface area contributed by atoms with E-state index in [4.69, 9.17) is 4.74 Å². The normalized spacial score (nSPS) is 13.9. The van der Waals surface area contributed by atoms with Gasteiger partial charge in [0.1, 0.15) is 23.9 Å². The molecular formula is C18H19F2N5OP2. The molecule has 0 aliphatic heterocycles. The summed E-state index contributed by atoms with van der Waals surface area (Å²) < 4.78 is 35.1. The van der Waals surface area contributed by atoms with E-state index in [2.05, 4.69) is 33.4 Å². The molecule has 3 rings (SSSR count). The summed E-state index contributed by atoms with van der Waals surface area (Å²) in [6.45, 7) is 4.07. The van der Waals surface area contributed by atoms with Crippen LogP contribution in [0.5, 0.6) is 5.88 Å². The first kappa shape index (κ1) is 20.5. The smallest absolute Gasteiger partial charge is 0.220 e. The zero-order chi connectivity index (χ0) is 20.7. The highest BCUT2D eigenvalue weighted by molar-refractivity contribution is 7.27. The molecular weight excluding hydrogens is 402 g/mol. The van der Waals surface area contributed by atoms with Gasteiger partial charge >= 0.3 is 0 Å². The van der Waals surface area contributed by atoms with Crippen molar-refractivity contribution in [2.24, 2.45) is 0 Å². The SMILES string of the molecule is CC(C)(F)COc1ncc(-c2cn3c(C(C)(F)P)nc(C#N)c3cn2)cc1P. The lowest BCUT2D eigenvalue weighted by Gasteiger charge is -2.16. The molecule has 0 saturated heterocycles. The van der Waals surface area contributed by atoms with E-state index in [1.165, 1.54) is 31.4 Å². The number of alkyl halides is 2. The molecule has 0 aliphatic rings. The van der Waals surface area contributed by atoms with Crippen LogP contribution in [-0.2, 0) is 5.41 Å². The Hall–Kier alpha value is -2.22. The summed E-state index contributed by atoms with van der Waals surface area (Å²) in [5.74, 6) is 0.383. The van der Waals surface area contributed by atoms with E-state index in [1.54, 1.807) is 18.5 Å². The van der Waals surface area contributed by atoms with Crippen molar-refractivity contribution >= 4 is 29.3 Å². The number of fused-ring (bicyclic) bond motifs is 1. The summed E-state index contributed by atoms with van der Waals surface area (Å²) in [7, 11) is 4.57. The average Bonchev–Trinajstić information content (AvgIpc) is 2.98. The molecule has 0 N–H and O–H groups in total. The predicted molar refractivity (Wildman–Crippen MR) is 109 cm³/mol. The molecule has 146 valence electrons. The van der Waals surface area contributed by atoms with E-state index in [0.717, 1.165) is 0 Å². The number of imidazole rings is 1. The molecule has 0 bridgehead atoms. The van der Waals surface area contributed by atoms with Crippen molar-refractivity contribution in [3.63, 3.8) is 0 Å². The molecule has 0 saturated carbocycles. The molecule has 0 fully saturated rings. The fourth-order valence-electron chi connectivity index (χ4n) is 2.53. The topological polar surface area (TPSA) is 76.1 Å². The molecule has 28 heavy (non-hydrogen) atoms. The standard InChI is InChI=1S/C18H19F2N5OP2/c1-17(2,19)9-26-15-14(27)4-10(6-23-15)12-8-25-13(7-22-12)11(5-21)24-16(25)18(3,20)28/h4,6-8H,9,27-28H2,1-3H3. The van der Waals surface area contributed by atoms with Crippen LogP contribution in [0, 0.1) is 11.3 Å². The Bertz CT molecular complexity index is 1080. The molecule has 0 radical (unpaired) electrons. The Morgan fingerprint density at radius 2 is 1.96 bits per heavy atom. The minimum Gasteiger partial charge on any atom is -0.474 e. The van der Waals surface area contributed by atoms with Gasteiger partial charge in [0.15, 0.2) is 16.9 Å². The van der Waals surface area contributed by atoms with Crippen molar-refractivity contribution in [3.05, 3.63) is 36.2 Å². The molecule has 3 heterocycles. The number of nitrogens with zero attached hydrogens (tertiary/aromatic N) is 5. The first-order valence-electron chi connectivity index (χ1n) is 8.33. The lowest BCUT2D eigenvalue weighted by molar-refractivity contribution is 0.118. The van der Waals surface area contributed by atoms with Gasteiger partial charge in [-0.25, -0.2) is 18.7 Å². The van der Waals surface area contributed by atoms with E-state index >= 15 is 0 Å². The van der Waals surface area contributed by atoms with Gasteiger partial charge in [-0.1, -0.05) is 18.5 Å². The van der Waals surface area contributed by atoms with Crippen molar-refractivity contribution in [1.29, 1.82) is 5.26 Å².